The zero-order chi connectivity index (χ0) is 19.4. The van der Waals surface area contributed by atoms with Crippen LogP contribution in [0.1, 0.15) is 13.3 Å². The highest BCUT2D eigenvalue weighted by Gasteiger charge is 2.35. The Balaban J connectivity index is 1.90. The lowest BCUT2D eigenvalue weighted by molar-refractivity contribution is -0.945. The summed E-state index contributed by atoms with van der Waals surface area (Å²) in [5.74, 6) is 1.32. The molecular weight excluding hydrogens is 384 g/mol. The highest BCUT2D eigenvalue weighted by molar-refractivity contribution is 7.91. The molecule has 1 N–H and O–H groups in total. The molecule has 2 atom stereocenters. The normalized spacial score (nSPS) is 20.0. The maximum absolute atomic E-state index is 11.9. The Morgan fingerprint density at radius 3 is 2.67 bits per heavy atom. The molecule has 7 nitrogen and oxygen atoms in total. The lowest BCUT2D eigenvalue weighted by atomic mass is 10.2. The molecule has 0 bridgehead atoms. The molecule has 1 aliphatic rings. The average molecular weight is 412 g/mol. The van der Waals surface area contributed by atoms with Crippen molar-refractivity contribution >= 4 is 22.1 Å². The Morgan fingerprint density at radius 1 is 1.33 bits per heavy atom. The van der Waals surface area contributed by atoms with Crippen molar-refractivity contribution in [1.29, 1.82) is 0 Å². The zero-order valence-electron chi connectivity index (χ0n) is 15.8. The predicted molar refractivity (Wildman–Crippen MR) is 107 cm³/mol. The first-order chi connectivity index (χ1) is 12.9. The van der Waals surface area contributed by atoms with Gasteiger partial charge in [0, 0.05) is 25.6 Å². The van der Waals surface area contributed by atoms with E-state index in [1.54, 1.807) is 7.11 Å². The number of ether oxygens (including phenoxy) is 1. The van der Waals surface area contributed by atoms with Gasteiger partial charge in [0.25, 0.3) is 0 Å². The van der Waals surface area contributed by atoms with Gasteiger partial charge in [-0.3, -0.25) is 0 Å². The minimum Gasteiger partial charge on any atom is -0.379 e. The summed E-state index contributed by atoms with van der Waals surface area (Å²) in [4.78, 5) is 1.15. The molecule has 0 spiro atoms. The van der Waals surface area contributed by atoms with Crippen molar-refractivity contribution in [2.45, 2.75) is 32.6 Å². The SMILES string of the molecule is CCn1c(-c2ccccc2)nn(C[NH+](CCOC)[C@H]2CCS(=O)(=O)C2)c1=S. The van der Waals surface area contributed by atoms with Crippen LogP contribution < -0.4 is 4.90 Å². The lowest BCUT2D eigenvalue weighted by Gasteiger charge is -2.24. The fourth-order valence-corrected chi connectivity index (χ4v) is 5.73. The van der Waals surface area contributed by atoms with Crippen LogP contribution in [-0.4, -0.2) is 60.6 Å². The van der Waals surface area contributed by atoms with Gasteiger partial charge >= 0.3 is 0 Å². The summed E-state index contributed by atoms with van der Waals surface area (Å²) in [7, 11) is -1.28. The molecule has 1 fully saturated rings. The van der Waals surface area contributed by atoms with E-state index in [1.165, 1.54) is 0 Å². The molecule has 1 saturated heterocycles. The summed E-state index contributed by atoms with van der Waals surface area (Å²) >= 11 is 5.66. The summed E-state index contributed by atoms with van der Waals surface area (Å²) in [5, 5.41) is 4.77. The highest BCUT2D eigenvalue weighted by atomic mass is 32.2. The summed E-state index contributed by atoms with van der Waals surface area (Å²) in [6, 6.07) is 10.0. The molecule has 3 rings (SSSR count). The molecule has 0 aliphatic carbocycles. The van der Waals surface area contributed by atoms with E-state index in [2.05, 4.69) is 0 Å². The monoisotopic (exact) mass is 411 g/mol. The molecule has 1 aromatic heterocycles. The van der Waals surface area contributed by atoms with Gasteiger partial charge in [-0.1, -0.05) is 30.3 Å². The first-order valence-corrected chi connectivity index (χ1v) is 11.4. The Bertz CT molecular complexity index is 922. The van der Waals surface area contributed by atoms with Crippen molar-refractivity contribution in [1.82, 2.24) is 14.3 Å². The van der Waals surface area contributed by atoms with Crippen molar-refractivity contribution in [3.8, 4) is 11.4 Å². The number of benzene rings is 1. The van der Waals surface area contributed by atoms with Crippen LogP contribution in [0.15, 0.2) is 30.3 Å². The Morgan fingerprint density at radius 2 is 2.07 bits per heavy atom. The van der Waals surface area contributed by atoms with E-state index in [1.807, 2.05) is 46.5 Å². The minimum atomic E-state index is -2.94. The second kappa shape index (κ2) is 8.64. The first-order valence-electron chi connectivity index (χ1n) is 9.22. The summed E-state index contributed by atoms with van der Waals surface area (Å²) in [6.45, 7) is 4.61. The summed E-state index contributed by atoms with van der Waals surface area (Å²) in [6.07, 6.45) is 0.675. The summed E-state index contributed by atoms with van der Waals surface area (Å²) in [5.41, 5.74) is 1.02. The van der Waals surface area contributed by atoms with Crippen molar-refractivity contribution in [2.75, 3.05) is 31.8 Å². The minimum absolute atomic E-state index is 0.0546. The smallest absolute Gasteiger partial charge is 0.203 e. The first kappa shape index (κ1) is 20.2. The Kier molecular flexibility index (Phi) is 6.46. The molecule has 0 radical (unpaired) electrons. The molecular formula is C18H27N4O3S2+. The summed E-state index contributed by atoms with van der Waals surface area (Å²) < 4.78 is 33.6. The number of methoxy groups -OCH3 is 1. The van der Waals surface area contributed by atoms with Crippen LogP contribution in [0.5, 0.6) is 0 Å². The number of sulfone groups is 1. The van der Waals surface area contributed by atoms with Crippen LogP contribution in [0.25, 0.3) is 11.4 Å². The van der Waals surface area contributed by atoms with Gasteiger partial charge in [-0.15, -0.1) is 5.10 Å². The molecule has 0 saturated carbocycles. The maximum Gasteiger partial charge on any atom is 0.203 e. The van der Waals surface area contributed by atoms with E-state index in [9.17, 15) is 8.42 Å². The fraction of sp³-hybridized carbons (Fsp3) is 0.556. The van der Waals surface area contributed by atoms with E-state index in [4.69, 9.17) is 22.1 Å². The van der Waals surface area contributed by atoms with Gasteiger partial charge in [0.1, 0.15) is 18.3 Å². The third kappa shape index (κ3) is 4.66. The van der Waals surface area contributed by atoms with Gasteiger partial charge < -0.3 is 14.2 Å². The standard InChI is InChI=1S/C18H26N4O3S2/c1-3-21-17(15-7-5-4-6-8-15)19-22(18(21)26)14-20(10-11-25-2)16-9-12-27(23,24)13-16/h4-8,16H,3,9-14H2,1-2H3/p+1/t16-/m0/s1. The Hall–Kier alpha value is -1.55. The van der Waals surface area contributed by atoms with E-state index in [0.717, 1.165) is 29.4 Å². The van der Waals surface area contributed by atoms with Gasteiger partial charge in [0.2, 0.25) is 4.77 Å². The van der Waals surface area contributed by atoms with E-state index in [0.29, 0.717) is 24.5 Å². The lowest BCUT2D eigenvalue weighted by Crippen LogP contribution is -3.16. The second-order valence-corrected chi connectivity index (χ2v) is 9.47. The molecule has 0 amide bonds. The number of rotatable bonds is 8. The molecule has 148 valence electrons. The number of nitrogens with zero attached hydrogens (tertiary/aromatic N) is 3. The number of hydrogen-bond acceptors (Lipinski definition) is 5. The average Bonchev–Trinajstić information content (AvgIpc) is 3.18. The largest absolute Gasteiger partial charge is 0.379 e. The van der Waals surface area contributed by atoms with Gasteiger partial charge in [-0.05, 0) is 19.1 Å². The highest BCUT2D eigenvalue weighted by Crippen LogP contribution is 2.17. The quantitative estimate of drug-likeness (QED) is 0.650. The van der Waals surface area contributed by atoms with Crippen molar-refractivity contribution in [2.24, 2.45) is 0 Å². The fourth-order valence-electron chi connectivity index (χ4n) is 3.58. The van der Waals surface area contributed by atoms with Crippen LogP contribution in [0.2, 0.25) is 0 Å². The van der Waals surface area contributed by atoms with Crippen molar-refractivity contribution in [3.63, 3.8) is 0 Å². The van der Waals surface area contributed by atoms with E-state index < -0.39 is 9.84 Å². The Labute approximate surface area is 165 Å². The van der Waals surface area contributed by atoms with Gasteiger partial charge in [-0.25, -0.2) is 8.42 Å². The van der Waals surface area contributed by atoms with Crippen LogP contribution in [-0.2, 0) is 27.8 Å². The van der Waals surface area contributed by atoms with Crippen molar-refractivity contribution in [3.05, 3.63) is 35.1 Å². The number of hydrogen-bond donors (Lipinski definition) is 1. The zero-order valence-corrected chi connectivity index (χ0v) is 17.4. The van der Waals surface area contributed by atoms with Crippen LogP contribution in [0.4, 0.5) is 0 Å². The van der Waals surface area contributed by atoms with E-state index in [-0.39, 0.29) is 17.5 Å². The topological polar surface area (TPSA) is 70.6 Å². The molecule has 2 heterocycles. The molecule has 2 aromatic rings. The third-order valence-electron chi connectivity index (χ3n) is 5.06. The molecule has 1 unspecified atom stereocenters. The van der Waals surface area contributed by atoms with E-state index >= 15 is 0 Å². The predicted octanol–water partition coefficient (Wildman–Crippen LogP) is 0.777. The number of aromatic nitrogens is 3. The van der Waals surface area contributed by atoms with Crippen LogP contribution in [0, 0.1) is 4.77 Å². The third-order valence-corrected chi connectivity index (χ3v) is 7.26. The molecule has 9 heteroatoms. The molecule has 27 heavy (non-hydrogen) atoms. The van der Waals surface area contributed by atoms with Crippen LogP contribution >= 0.6 is 12.2 Å². The maximum atomic E-state index is 11.9. The number of nitrogens with one attached hydrogen (secondary N) is 1. The van der Waals surface area contributed by atoms with Crippen LogP contribution in [0.3, 0.4) is 0 Å². The van der Waals surface area contributed by atoms with Gasteiger partial charge in [0.15, 0.2) is 22.3 Å². The van der Waals surface area contributed by atoms with Gasteiger partial charge in [0.05, 0.1) is 12.4 Å². The molecule has 1 aromatic carbocycles. The van der Waals surface area contributed by atoms with Gasteiger partial charge in [-0.2, -0.15) is 4.68 Å². The van der Waals surface area contributed by atoms with Crippen molar-refractivity contribution < 1.29 is 18.1 Å². The second-order valence-electron chi connectivity index (χ2n) is 6.88. The molecule has 1 aliphatic heterocycles. The number of quaternary nitrogens is 1.